The van der Waals surface area contributed by atoms with Gasteiger partial charge in [0, 0.05) is 27.6 Å². The Morgan fingerprint density at radius 1 is 1.20 bits per heavy atom. The maximum atomic E-state index is 5.99. The molecule has 1 aliphatic rings. The Kier molecular flexibility index (Phi) is 4.29. The van der Waals surface area contributed by atoms with E-state index >= 15 is 0 Å². The summed E-state index contributed by atoms with van der Waals surface area (Å²) in [6.07, 6.45) is 2.55. The molecule has 20 heavy (non-hydrogen) atoms. The minimum absolute atomic E-state index is 0.674. The Balaban J connectivity index is 1.79. The van der Waals surface area contributed by atoms with E-state index in [1.807, 2.05) is 36.4 Å². The molecule has 3 rings (SSSR count). The minimum Gasteiger partial charge on any atom is -0.457 e. The van der Waals surface area contributed by atoms with Crippen molar-refractivity contribution in [1.29, 1.82) is 0 Å². The van der Waals surface area contributed by atoms with E-state index < -0.39 is 0 Å². The van der Waals surface area contributed by atoms with Crippen LogP contribution in [0, 0.1) is 0 Å². The Hall–Kier alpha value is -1.03. The molecule has 1 aliphatic carbocycles. The molecular formula is C16H15BrClNO. The molecular weight excluding hydrogens is 338 g/mol. The van der Waals surface area contributed by atoms with Crippen molar-refractivity contribution in [1.82, 2.24) is 5.32 Å². The molecule has 0 spiro atoms. The lowest BCUT2D eigenvalue weighted by Crippen LogP contribution is -2.15. The van der Waals surface area contributed by atoms with E-state index in [0.29, 0.717) is 11.1 Å². The van der Waals surface area contributed by atoms with Crippen LogP contribution in [0.3, 0.4) is 0 Å². The van der Waals surface area contributed by atoms with Crippen LogP contribution < -0.4 is 10.1 Å². The average Bonchev–Trinajstić information content (AvgIpc) is 3.23. The summed E-state index contributed by atoms with van der Waals surface area (Å²) in [7, 11) is 0. The van der Waals surface area contributed by atoms with Gasteiger partial charge >= 0.3 is 0 Å². The Labute approximate surface area is 132 Å². The summed E-state index contributed by atoms with van der Waals surface area (Å²) in [5.74, 6) is 1.62. The standard InChI is InChI=1S/C16H15BrClNO/c17-12-4-7-16(11(8-12)10-19-14-5-6-14)20-15-3-1-2-13(18)9-15/h1-4,7-9,14,19H,5-6,10H2. The van der Waals surface area contributed by atoms with Crippen molar-refractivity contribution in [2.24, 2.45) is 0 Å². The second kappa shape index (κ2) is 6.17. The van der Waals surface area contributed by atoms with Gasteiger partial charge in [0.25, 0.3) is 0 Å². The summed E-state index contributed by atoms with van der Waals surface area (Å²) < 4.78 is 7.01. The van der Waals surface area contributed by atoms with Crippen LogP contribution in [-0.4, -0.2) is 6.04 Å². The minimum atomic E-state index is 0.674. The third-order valence-electron chi connectivity index (χ3n) is 3.20. The summed E-state index contributed by atoms with van der Waals surface area (Å²) in [5, 5.41) is 4.19. The normalized spacial score (nSPS) is 14.3. The van der Waals surface area contributed by atoms with E-state index in [0.717, 1.165) is 28.1 Å². The summed E-state index contributed by atoms with van der Waals surface area (Å²) in [5.41, 5.74) is 1.14. The van der Waals surface area contributed by atoms with E-state index in [2.05, 4.69) is 27.3 Å². The smallest absolute Gasteiger partial charge is 0.131 e. The molecule has 1 saturated carbocycles. The zero-order valence-corrected chi connectivity index (χ0v) is 13.2. The van der Waals surface area contributed by atoms with Gasteiger partial charge in [-0.25, -0.2) is 0 Å². The van der Waals surface area contributed by atoms with Gasteiger partial charge in [0.05, 0.1) is 0 Å². The van der Waals surface area contributed by atoms with Gasteiger partial charge in [-0.2, -0.15) is 0 Å². The molecule has 0 bridgehead atoms. The van der Waals surface area contributed by atoms with E-state index in [1.54, 1.807) is 0 Å². The van der Waals surface area contributed by atoms with Crippen LogP contribution in [0.25, 0.3) is 0 Å². The molecule has 0 atom stereocenters. The lowest BCUT2D eigenvalue weighted by molar-refractivity contribution is 0.472. The first-order valence-electron chi connectivity index (χ1n) is 6.66. The Morgan fingerprint density at radius 2 is 2.05 bits per heavy atom. The van der Waals surface area contributed by atoms with Crippen molar-refractivity contribution in [3.8, 4) is 11.5 Å². The monoisotopic (exact) mass is 351 g/mol. The molecule has 0 radical (unpaired) electrons. The second-order valence-corrected chi connectivity index (χ2v) is 6.32. The summed E-state index contributed by atoms with van der Waals surface area (Å²) in [4.78, 5) is 0. The molecule has 1 fully saturated rings. The fourth-order valence-corrected chi connectivity index (χ4v) is 2.57. The van der Waals surface area contributed by atoms with Gasteiger partial charge in [-0.1, -0.05) is 33.6 Å². The zero-order chi connectivity index (χ0) is 13.9. The van der Waals surface area contributed by atoms with Crippen LogP contribution in [0.1, 0.15) is 18.4 Å². The van der Waals surface area contributed by atoms with Crippen molar-refractivity contribution in [3.63, 3.8) is 0 Å². The number of hydrogen-bond acceptors (Lipinski definition) is 2. The quantitative estimate of drug-likeness (QED) is 0.804. The molecule has 0 heterocycles. The zero-order valence-electron chi connectivity index (χ0n) is 10.9. The molecule has 0 aromatic heterocycles. The maximum Gasteiger partial charge on any atom is 0.131 e. The van der Waals surface area contributed by atoms with Crippen molar-refractivity contribution in [2.75, 3.05) is 0 Å². The number of halogens is 2. The first-order valence-corrected chi connectivity index (χ1v) is 7.83. The highest BCUT2D eigenvalue weighted by Gasteiger charge is 2.20. The van der Waals surface area contributed by atoms with E-state index in [9.17, 15) is 0 Å². The molecule has 0 amide bonds. The lowest BCUT2D eigenvalue weighted by atomic mass is 10.2. The van der Waals surface area contributed by atoms with Gasteiger partial charge in [0.15, 0.2) is 0 Å². The van der Waals surface area contributed by atoms with Crippen LogP contribution >= 0.6 is 27.5 Å². The van der Waals surface area contributed by atoms with Crippen LogP contribution in [0.4, 0.5) is 0 Å². The highest BCUT2D eigenvalue weighted by atomic mass is 79.9. The van der Waals surface area contributed by atoms with Gasteiger partial charge in [0.2, 0.25) is 0 Å². The lowest BCUT2D eigenvalue weighted by Gasteiger charge is -2.12. The molecule has 2 aromatic carbocycles. The SMILES string of the molecule is Clc1cccc(Oc2ccc(Br)cc2CNC2CC2)c1. The maximum absolute atomic E-state index is 5.99. The fraction of sp³-hybridized carbons (Fsp3) is 0.250. The van der Waals surface area contributed by atoms with Gasteiger partial charge < -0.3 is 10.1 Å². The number of ether oxygens (including phenoxy) is 1. The van der Waals surface area contributed by atoms with Crippen molar-refractivity contribution in [2.45, 2.75) is 25.4 Å². The summed E-state index contributed by atoms with van der Waals surface area (Å²) in [6, 6.07) is 14.2. The van der Waals surface area contributed by atoms with Crippen LogP contribution in [0.5, 0.6) is 11.5 Å². The van der Waals surface area contributed by atoms with Crippen molar-refractivity contribution >= 4 is 27.5 Å². The molecule has 1 N–H and O–H groups in total. The van der Waals surface area contributed by atoms with Gasteiger partial charge in [0.1, 0.15) is 11.5 Å². The predicted octanol–water partition coefficient (Wildman–Crippen LogP) is 5.15. The highest BCUT2D eigenvalue weighted by Crippen LogP contribution is 2.30. The summed E-state index contributed by atoms with van der Waals surface area (Å²) >= 11 is 9.50. The third kappa shape index (κ3) is 3.75. The first-order chi connectivity index (χ1) is 9.70. The number of rotatable bonds is 5. The first kappa shape index (κ1) is 13.9. The van der Waals surface area contributed by atoms with Crippen LogP contribution in [-0.2, 0) is 6.54 Å². The van der Waals surface area contributed by atoms with E-state index in [1.165, 1.54) is 12.8 Å². The van der Waals surface area contributed by atoms with Gasteiger partial charge in [-0.15, -0.1) is 0 Å². The van der Waals surface area contributed by atoms with Gasteiger partial charge in [-0.05, 0) is 49.2 Å². The molecule has 2 nitrogen and oxygen atoms in total. The largest absolute Gasteiger partial charge is 0.457 e. The Morgan fingerprint density at radius 3 is 2.80 bits per heavy atom. The molecule has 0 aliphatic heterocycles. The van der Waals surface area contributed by atoms with E-state index in [4.69, 9.17) is 16.3 Å². The average molecular weight is 353 g/mol. The molecule has 0 unspecified atom stereocenters. The van der Waals surface area contributed by atoms with Gasteiger partial charge in [-0.3, -0.25) is 0 Å². The third-order valence-corrected chi connectivity index (χ3v) is 3.93. The van der Waals surface area contributed by atoms with Crippen molar-refractivity contribution < 1.29 is 4.74 Å². The summed E-state index contributed by atoms with van der Waals surface area (Å²) in [6.45, 7) is 0.819. The fourth-order valence-electron chi connectivity index (χ4n) is 1.98. The molecule has 0 saturated heterocycles. The number of nitrogens with one attached hydrogen (secondary N) is 1. The van der Waals surface area contributed by atoms with E-state index in [-0.39, 0.29) is 0 Å². The highest BCUT2D eigenvalue weighted by molar-refractivity contribution is 9.10. The molecule has 4 heteroatoms. The van der Waals surface area contributed by atoms with Crippen LogP contribution in [0.15, 0.2) is 46.9 Å². The topological polar surface area (TPSA) is 21.3 Å². The number of benzene rings is 2. The Bertz CT molecular complexity index is 613. The second-order valence-electron chi connectivity index (χ2n) is 4.97. The number of hydrogen-bond donors (Lipinski definition) is 1. The predicted molar refractivity (Wildman–Crippen MR) is 85.5 cm³/mol. The molecule has 104 valence electrons. The van der Waals surface area contributed by atoms with Crippen LogP contribution in [0.2, 0.25) is 5.02 Å². The molecule has 2 aromatic rings. The van der Waals surface area contributed by atoms with Crippen molar-refractivity contribution in [3.05, 3.63) is 57.5 Å².